The maximum absolute atomic E-state index is 18.3. The number of esters is 3. The minimum Gasteiger partial charge on any atom is -0.459 e. The predicted octanol–water partition coefficient (Wildman–Crippen LogP) is 5.95. The highest BCUT2D eigenvalue weighted by Crippen LogP contribution is 2.72. The third-order valence-corrected chi connectivity index (χ3v) is 10.8. The van der Waals surface area contributed by atoms with E-state index in [2.05, 4.69) is 0 Å². The molecule has 0 aliphatic heterocycles. The van der Waals surface area contributed by atoms with E-state index in [4.69, 9.17) is 14.2 Å². The summed E-state index contributed by atoms with van der Waals surface area (Å²) in [7, 11) is 0. The SMILES string of the molecule is CCCC(=O)OCC(=O)[C@@]1(OC(=O)CCC)[C@H](C)C[C@H]2[C@@H]3CCC4=CC(=O)C=C[C@]4(C)[C@@]3(F)[C@H](OC(=O)CCC)C[C@@]21C. The second-order valence-electron chi connectivity index (χ2n) is 13.4. The Morgan fingerprint density at radius 3 is 2.23 bits per heavy atom. The highest BCUT2D eigenvalue weighted by Gasteiger charge is 2.78. The molecule has 0 unspecified atom stereocenters. The van der Waals surface area contributed by atoms with E-state index in [1.54, 1.807) is 13.0 Å². The number of alkyl halides is 1. The van der Waals surface area contributed by atoms with Gasteiger partial charge in [-0.25, -0.2) is 4.39 Å². The summed E-state index contributed by atoms with van der Waals surface area (Å²) < 4.78 is 35.9. The Kier molecular flexibility index (Phi) is 9.44. The summed E-state index contributed by atoms with van der Waals surface area (Å²) in [6.07, 6.45) is 6.34. The highest BCUT2D eigenvalue weighted by molar-refractivity contribution is 6.01. The fraction of sp³-hybridized carbons (Fsp3) is 0.735. The molecule has 8 atom stereocenters. The van der Waals surface area contributed by atoms with E-state index in [0.717, 1.165) is 0 Å². The summed E-state index contributed by atoms with van der Waals surface area (Å²) in [6, 6.07) is 0. The molecule has 0 amide bonds. The Bertz CT molecular complexity index is 1220. The van der Waals surface area contributed by atoms with Gasteiger partial charge in [0.05, 0.1) is 0 Å². The standard InChI is InChI=1S/C34H47FO8/c1-7-10-28(38)41-20-26(37)34(43-30(40)12-9-3)21(4)17-25-24-14-13-22-18-23(36)15-16-31(22,5)33(24,35)27(19-32(25,34)6)42-29(39)11-8-2/h15-16,18,21,24-25,27H,7-14,17,19-20H2,1-6H3/t21-,24+,25+,27-,31+,32+,33+,34+/m1/s1. The molecule has 4 rings (SSSR count). The smallest absolute Gasteiger partial charge is 0.306 e. The van der Waals surface area contributed by atoms with Crippen molar-refractivity contribution < 1.29 is 42.6 Å². The number of hydrogen-bond acceptors (Lipinski definition) is 8. The zero-order chi connectivity index (χ0) is 31.8. The second-order valence-corrected chi connectivity index (χ2v) is 13.4. The normalized spacial score (nSPS) is 37.8. The lowest BCUT2D eigenvalue weighted by Crippen LogP contribution is -2.70. The molecule has 0 N–H and O–H groups in total. The first-order valence-electron chi connectivity index (χ1n) is 16.0. The van der Waals surface area contributed by atoms with Crippen LogP contribution in [0.25, 0.3) is 0 Å². The van der Waals surface area contributed by atoms with Gasteiger partial charge in [0.1, 0.15) is 6.10 Å². The summed E-state index contributed by atoms with van der Waals surface area (Å²) in [4.78, 5) is 65.1. The second kappa shape index (κ2) is 12.3. The van der Waals surface area contributed by atoms with Gasteiger partial charge in [-0.15, -0.1) is 0 Å². The lowest BCUT2D eigenvalue weighted by atomic mass is 9.44. The molecule has 43 heavy (non-hydrogen) atoms. The zero-order valence-electron chi connectivity index (χ0n) is 26.5. The number of ketones is 2. The van der Waals surface area contributed by atoms with Crippen LogP contribution in [0.15, 0.2) is 23.8 Å². The van der Waals surface area contributed by atoms with Crippen molar-refractivity contribution in [2.24, 2.45) is 28.6 Å². The molecular weight excluding hydrogens is 555 g/mol. The largest absolute Gasteiger partial charge is 0.459 e. The van der Waals surface area contributed by atoms with Crippen molar-refractivity contribution in [1.82, 2.24) is 0 Å². The monoisotopic (exact) mass is 602 g/mol. The summed E-state index contributed by atoms with van der Waals surface area (Å²) in [5.74, 6) is -3.92. The summed E-state index contributed by atoms with van der Waals surface area (Å²) in [5.41, 5.74) is -5.42. The first-order chi connectivity index (χ1) is 20.2. The van der Waals surface area contributed by atoms with Crippen molar-refractivity contribution in [3.63, 3.8) is 0 Å². The first-order valence-corrected chi connectivity index (χ1v) is 16.0. The van der Waals surface area contributed by atoms with Crippen LogP contribution in [0.4, 0.5) is 4.39 Å². The van der Waals surface area contributed by atoms with Crippen molar-refractivity contribution in [1.29, 1.82) is 0 Å². The molecule has 4 aliphatic carbocycles. The fourth-order valence-corrected chi connectivity index (χ4v) is 8.88. The lowest BCUT2D eigenvalue weighted by Gasteiger charge is -2.63. The molecular formula is C34H47FO8. The number of halogens is 1. The minimum absolute atomic E-state index is 0.0663. The van der Waals surface area contributed by atoms with Gasteiger partial charge in [-0.3, -0.25) is 24.0 Å². The third kappa shape index (κ3) is 5.18. The molecule has 238 valence electrons. The topological polar surface area (TPSA) is 113 Å². The van der Waals surface area contributed by atoms with Crippen molar-refractivity contribution in [2.45, 2.75) is 123 Å². The molecule has 3 saturated carbocycles. The fourth-order valence-electron chi connectivity index (χ4n) is 8.88. The van der Waals surface area contributed by atoms with Gasteiger partial charge in [-0.05, 0) is 69.9 Å². The van der Waals surface area contributed by atoms with Gasteiger partial charge in [-0.2, -0.15) is 0 Å². The van der Waals surface area contributed by atoms with Gasteiger partial charge in [-0.1, -0.05) is 46.3 Å². The van der Waals surface area contributed by atoms with E-state index in [-0.39, 0.29) is 31.5 Å². The maximum atomic E-state index is 18.3. The average Bonchev–Trinajstić information content (AvgIpc) is 3.15. The van der Waals surface area contributed by atoms with Crippen molar-refractivity contribution in [3.8, 4) is 0 Å². The molecule has 0 aromatic heterocycles. The Labute approximate surface area is 254 Å². The van der Waals surface area contributed by atoms with Gasteiger partial charge in [0.2, 0.25) is 5.78 Å². The van der Waals surface area contributed by atoms with Crippen molar-refractivity contribution in [2.75, 3.05) is 6.61 Å². The van der Waals surface area contributed by atoms with Crippen LogP contribution < -0.4 is 0 Å². The molecule has 9 heteroatoms. The maximum Gasteiger partial charge on any atom is 0.306 e. The van der Waals surface area contributed by atoms with E-state index in [1.807, 2.05) is 34.6 Å². The molecule has 3 fully saturated rings. The molecule has 8 nitrogen and oxygen atoms in total. The summed E-state index contributed by atoms with van der Waals surface area (Å²) >= 11 is 0. The van der Waals surface area contributed by atoms with Crippen molar-refractivity contribution in [3.05, 3.63) is 23.8 Å². The molecule has 0 heterocycles. The highest BCUT2D eigenvalue weighted by atomic mass is 19.1. The number of fused-ring (bicyclic) bond motifs is 5. The summed E-state index contributed by atoms with van der Waals surface area (Å²) in [6.45, 7) is 10.4. The van der Waals surface area contributed by atoms with Crippen LogP contribution in [-0.2, 0) is 38.2 Å². The first kappa shape index (κ1) is 33.1. The van der Waals surface area contributed by atoms with Crippen LogP contribution >= 0.6 is 0 Å². The Hall–Kier alpha value is -2.84. The van der Waals surface area contributed by atoms with Gasteiger partial charge >= 0.3 is 17.9 Å². The van der Waals surface area contributed by atoms with E-state index in [0.29, 0.717) is 44.1 Å². The zero-order valence-corrected chi connectivity index (χ0v) is 26.5. The van der Waals surface area contributed by atoms with Crippen LogP contribution in [0, 0.1) is 28.6 Å². The predicted molar refractivity (Wildman–Crippen MR) is 156 cm³/mol. The third-order valence-electron chi connectivity index (χ3n) is 10.8. The Morgan fingerprint density at radius 1 is 0.953 bits per heavy atom. The molecule has 0 aromatic carbocycles. The lowest BCUT2D eigenvalue weighted by molar-refractivity contribution is -0.236. The van der Waals surface area contributed by atoms with E-state index >= 15 is 4.39 Å². The molecule has 0 saturated heterocycles. The molecule has 4 aliphatic rings. The number of Topliss-reactive ketones (excluding diaryl/α,β-unsaturated/α-hetero) is 1. The Morgan fingerprint density at radius 2 is 1.58 bits per heavy atom. The number of allylic oxidation sites excluding steroid dienone is 4. The van der Waals surface area contributed by atoms with Gasteiger partial charge in [0.15, 0.2) is 23.7 Å². The molecule has 0 bridgehead atoms. The summed E-state index contributed by atoms with van der Waals surface area (Å²) in [5, 5.41) is 0. The van der Waals surface area contributed by atoms with E-state index in [9.17, 15) is 24.0 Å². The quantitative estimate of drug-likeness (QED) is 0.211. The minimum atomic E-state index is -2.07. The number of carbonyl (C=O) groups is 5. The number of carbonyl (C=O) groups excluding carboxylic acids is 5. The van der Waals surface area contributed by atoms with Gasteiger partial charge < -0.3 is 14.2 Å². The molecule has 0 spiro atoms. The van der Waals surface area contributed by atoms with Crippen LogP contribution in [0.5, 0.6) is 0 Å². The van der Waals surface area contributed by atoms with Crippen LogP contribution in [0.1, 0.15) is 106 Å². The van der Waals surface area contributed by atoms with E-state index < -0.39 is 76.3 Å². The molecule has 0 radical (unpaired) electrons. The average molecular weight is 603 g/mol. The van der Waals surface area contributed by atoms with Gasteiger partial charge in [0.25, 0.3) is 0 Å². The van der Waals surface area contributed by atoms with Crippen molar-refractivity contribution >= 4 is 29.5 Å². The van der Waals surface area contributed by atoms with Gasteiger partial charge in [0, 0.05) is 41.9 Å². The Balaban J connectivity index is 1.86. The van der Waals surface area contributed by atoms with E-state index in [1.165, 1.54) is 12.2 Å². The number of ether oxygens (including phenoxy) is 3. The van der Waals surface area contributed by atoms with Crippen LogP contribution in [0.3, 0.4) is 0 Å². The number of rotatable bonds is 11. The van der Waals surface area contributed by atoms with Crippen LogP contribution in [-0.4, -0.2) is 53.5 Å². The van der Waals surface area contributed by atoms with Crippen LogP contribution in [0.2, 0.25) is 0 Å². The number of hydrogen-bond donors (Lipinski definition) is 0. The molecule has 0 aromatic rings.